The molecule has 4 fully saturated rings. The number of fused-ring (bicyclic) bond motifs is 6. The zero-order chi connectivity index (χ0) is 25.3. The second kappa shape index (κ2) is 8.36. The van der Waals surface area contributed by atoms with Crippen molar-refractivity contribution in [2.24, 2.45) is 34.5 Å². The Balaban J connectivity index is 1.17. The number of benzene rings is 2. The predicted molar refractivity (Wildman–Crippen MR) is 134 cm³/mol. The Morgan fingerprint density at radius 3 is 2.56 bits per heavy atom. The average molecular weight is 495 g/mol. The number of Topliss-reactive ketones (excluding diaryl/α,β-unsaturated/α-hetero) is 1. The summed E-state index contributed by atoms with van der Waals surface area (Å²) >= 11 is 0. The highest BCUT2D eigenvalue weighted by Gasteiger charge is 2.60. The molecule has 5 heteroatoms. The van der Waals surface area contributed by atoms with Gasteiger partial charge in [0.05, 0.1) is 0 Å². The van der Waals surface area contributed by atoms with E-state index >= 15 is 8.78 Å². The van der Waals surface area contributed by atoms with E-state index in [-0.39, 0.29) is 16.4 Å². The molecule has 3 nitrogen and oxygen atoms in total. The minimum Gasteiger partial charge on any atom is -0.458 e. The number of carbonyl (C=O) groups is 2. The Morgan fingerprint density at radius 2 is 1.72 bits per heavy atom. The van der Waals surface area contributed by atoms with Crippen molar-refractivity contribution in [2.45, 2.75) is 83.7 Å². The van der Waals surface area contributed by atoms with Gasteiger partial charge in [-0.05, 0) is 91.2 Å². The maximum Gasteiger partial charge on any atom is 0.382 e. The normalized spacial score (nSPS) is 38.2. The molecule has 0 saturated heterocycles. The number of alkyl halides is 2. The first kappa shape index (κ1) is 24.1. The monoisotopic (exact) mass is 494 g/mol. The van der Waals surface area contributed by atoms with E-state index in [9.17, 15) is 9.59 Å². The lowest BCUT2D eigenvalue weighted by Crippen LogP contribution is -2.54. The molecule has 192 valence electrons. The van der Waals surface area contributed by atoms with Crippen LogP contribution in [0, 0.1) is 34.5 Å². The number of ether oxygens (including phenoxy) is 1. The second-order valence-electron chi connectivity index (χ2n) is 12.5. The molecule has 0 spiro atoms. The zero-order valence-electron chi connectivity index (χ0n) is 21.3. The smallest absolute Gasteiger partial charge is 0.382 e. The van der Waals surface area contributed by atoms with Crippen LogP contribution in [0.5, 0.6) is 0 Å². The van der Waals surface area contributed by atoms with E-state index in [1.165, 1.54) is 6.07 Å². The van der Waals surface area contributed by atoms with Crippen molar-refractivity contribution in [3.8, 4) is 0 Å². The van der Waals surface area contributed by atoms with Gasteiger partial charge in [-0.3, -0.25) is 4.79 Å². The topological polar surface area (TPSA) is 43.4 Å². The summed E-state index contributed by atoms with van der Waals surface area (Å²) in [6.45, 7) is 4.58. The van der Waals surface area contributed by atoms with Gasteiger partial charge in [0.1, 0.15) is 11.9 Å². The Morgan fingerprint density at radius 1 is 0.944 bits per heavy atom. The van der Waals surface area contributed by atoms with E-state index in [2.05, 4.69) is 13.8 Å². The van der Waals surface area contributed by atoms with Crippen molar-refractivity contribution in [1.29, 1.82) is 0 Å². The summed E-state index contributed by atoms with van der Waals surface area (Å²) in [5.41, 5.74) is -0.288. The lowest BCUT2D eigenvalue weighted by atomic mass is 9.45. The van der Waals surface area contributed by atoms with Crippen molar-refractivity contribution in [2.75, 3.05) is 0 Å². The molecule has 2 aromatic carbocycles. The molecule has 0 unspecified atom stereocenters. The van der Waals surface area contributed by atoms with Gasteiger partial charge in [-0.2, -0.15) is 8.78 Å². The summed E-state index contributed by atoms with van der Waals surface area (Å²) in [6, 6.07) is 11.6. The maximum absolute atomic E-state index is 15.4. The molecule has 4 aliphatic carbocycles. The van der Waals surface area contributed by atoms with Gasteiger partial charge in [-0.25, -0.2) is 4.79 Å². The summed E-state index contributed by atoms with van der Waals surface area (Å²) in [5.74, 6) is -2.63. The fraction of sp³-hybridized carbons (Fsp3) is 0.613. The third kappa shape index (κ3) is 3.48. The lowest BCUT2D eigenvalue weighted by Gasteiger charge is -2.60. The van der Waals surface area contributed by atoms with Gasteiger partial charge < -0.3 is 4.74 Å². The molecule has 2 aromatic rings. The molecule has 4 aliphatic rings. The van der Waals surface area contributed by atoms with Crippen LogP contribution in [0.25, 0.3) is 10.8 Å². The zero-order valence-corrected chi connectivity index (χ0v) is 21.3. The number of esters is 1. The van der Waals surface area contributed by atoms with Gasteiger partial charge in [0.15, 0.2) is 0 Å². The Bertz CT molecular complexity index is 1200. The van der Waals surface area contributed by atoms with Gasteiger partial charge in [0, 0.05) is 17.4 Å². The van der Waals surface area contributed by atoms with Crippen molar-refractivity contribution < 1.29 is 23.1 Å². The molecule has 0 bridgehead atoms. The fourth-order valence-corrected chi connectivity index (χ4v) is 8.93. The van der Waals surface area contributed by atoms with Gasteiger partial charge in [0.2, 0.25) is 0 Å². The van der Waals surface area contributed by atoms with Crippen LogP contribution in [-0.4, -0.2) is 17.9 Å². The van der Waals surface area contributed by atoms with Gasteiger partial charge in [0.25, 0.3) is 0 Å². The number of hydrogen-bond donors (Lipinski definition) is 0. The Labute approximate surface area is 212 Å². The molecule has 6 rings (SSSR count). The van der Waals surface area contributed by atoms with Crippen molar-refractivity contribution in [3.05, 3.63) is 48.0 Å². The third-order valence-electron chi connectivity index (χ3n) is 11.0. The van der Waals surface area contributed by atoms with Crippen LogP contribution in [0.4, 0.5) is 8.78 Å². The van der Waals surface area contributed by atoms with E-state index in [0.717, 1.165) is 44.9 Å². The Kier molecular flexibility index (Phi) is 5.59. The first-order valence-electron chi connectivity index (χ1n) is 13.7. The highest BCUT2D eigenvalue weighted by Crippen LogP contribution is 2.65. The van der Waals surface area contributed by atoms with Crippen LogP contribution in [0.15, 0.2) is 42.5 Å². The summed E-state index contributed by atoms with van der Waals surface area (Å²) in [7, 11) is 0. The minimum atomic E-state index is -3.69. The average Bonchev–Trinajstić information content (AvgIpc) is 3.18. The van der Waals surface area contributed by atoms with Crippen LogP contribution < -0.4 is 0 Å². The molecular formula is C31H36F2O3. The molecule has 36 heavy (non-hydrogen) atoms. The van der Waals surface area contributed by atoms with E-state index < -0.39 is 18.0 Å². The highest BCUT2D eigenvalue weighted by molar-refractivity contribution is 5.92. The number of carbonyl (C=O) groups excluding carboxylic acids is 2. The first-order chi connectivity index (χ1) is 17.1. The maximum atomic E-state index is 15.4. The lowest BCUT2D eigenvalue weighted by molar-refractivity contribution is -0.187. The molecule has 0 aliphatic heterocycles. The van der Waals surface area contributed by atoms with Crippen LogP contribution in [0.3, 0.4) is 0 Å². The minimum absolute atomic E-state index is 0.135. The van der Waals surface area contributed by atoms with Gasteiger partial charge in [-0.15, -0.1) is 0 Å². The van der Waals surface area contributed by atoms with Crippen LogP contribution in [0.2, 0.25) is 0 Å². The molecule has 0 radical (unpaired) electrons. The number of hydrogen-bond acceptors (Lipinski definition) is 3. The van der Waals surface area contributed by atoms with E-state index in [4.69, 9.17) is 4.74 Å². The second-order valence-corrected chi connectivity index (χ2v) is 12.5. The third-order valence-corrected chi connectivity index (χ3v) is 11.0. The molecule has 7 atom stereocenters. The summed E-state index contributed by atoms with van der Waals surface area (Å²) < 4.78 is 36.3. The number of ketones is 1. The number of rotatable bonds is 3. The van der Waals surface area contributed by atoms with Crippen LogP contribution in [-0.2, 0) is 20.2 Å². The first-order valence-corrected chi connectivity index (χ1v) is 13.7. The van der Waals surface area contributed by atoms with Crippen molar-refractivity contribution in [1.82, 2.24) is 0 Å². The van der Waals surface area contributed by atoms with E-state index in [1.54, 1.807) is 36.4 Å². The van der Waals surface area contributed by atoms with Crippen LogP contribution >= 0.6 is 0 Å². The molecule has 0 amide bonds. The van der Waals surface area contributed by atoms with Gasteiger partial charge in [-0.1, -0.05) is 56.3 Å². The van der Waals surface area contributed by atoms with E-state index in [1.807, 2.05) is 0 Å². The molecule has 0 heterocycles. The summed E-state index contributed by atoms with van der Waals surface area (Å²) in [5, 5.41) is 1.06. The summed E-state index contributed by atoms with van der Waals surface area (Å²) in [4.78, 5) is 25.5. The van der Waals surface area contributed by atoms with E-state index in [0.29, 0.717) is 53.1 Å². The van der Waals surface area contributed by atoms with Crippen LogP contribution in [0.1, 0.15) is 77.2 Å². The fourth-order valence-electron chi connectivity index (χ4n) is 8.93. The molecule has 0 aromatic heterocycles. The number of halogens is 2. The Hall–Kier alpha value is -2.30. The summed E-state index contributed by atoms with van der Waals surface area (Å²) in [6.07, 6.45) is 7.69. The van der Waals surface area contributed by atoms with Gasteiger partial charge >= 0.3 is 11.9 Å². The van der Waals surface area contributed by atoms with Crippen molar-refractivity contribution in [3.63, 3.8) is 0 Å². The SMILES string of the molecule is C[C@]12CC[C@@H](OC(=O)C(F)(F)c3cccc4ccccc34)C[C@@H]1CC[C@@H]1[C@@H]2CC[C@]2(C)C(=O)CC[C@@H]12. The largest absolute Gasteiger partial charge is 0.458 e. The molecular weight excluding hydrogens is 458 g/mol. The quantitative estimate of drug-likeness (QED) is 0.416. The predicted octanol–water partition coefficient (Wildman–Crippen LogP) is 7.46. The highest BCUT2D eigenvalue weighted by atomic mass is 19.3. The standard InChI is InChI=1S/C31H36F2O3/c1-29-16-14-21(36-28(35)31(32,33)26-9-5-7-19-6-3-4-8-22(19)26)18-20(29)10-11-23-24-12-13-27(34)30(24,2)17-15-25(23)29/h3-9,20-21,23-25H,10-18H2,1-2H3/t20-,21+,23-,24-,25-,29-,30-/m0/s1. The van der Waals surface area contributed by atoms with Crippen molar-refractivity contribution >= 4 is 22.5 Å². The molecule has 0 N–H and O–H groups in total. The molecule has 4 saturated carbocycles.